The molecule has 2 rings (SSSR count). The van der Waals surface area contributed by atoms with Crippen molar-refractivity contribution in [2.45, 2.75) is 33.5 Å². The molecule has 1 heterocycles. The molecule has 0 spiro atoms. The summed E-state index contributed by atoms with van der Waals surface area (Å²) in [6, 6.07) is 6.01. The van der Waals surface area contributed by atoms with Crippen molar-refractivity contribution in [1.82, 2.24) is 10.3 Å². The van der Waals surface area contributed by atoms with Gasteiger partial charge in [-0.05, 0) is 44.5 Å². The number of carbonyl (C=O) groups is 1. The number of pyridine rings is 1. The number of amides is 1. The third-order valence-corrected chi connectivity index (χ3v) is 3.81. The number of halogens is 3. The lowest BCUT2D eigenvalue weighted by Gasteiger charge is -2.17. The number of hydrogen-bond acceptors (Lipinski definition) is 6. The lowest BCUT2D eigenvalue weighted by Crippen LogP contribution is -2.23. The molecule has 0 saturated carbocycles. The largest absolute Gasteiger partial charge is 0.490 e. The minimum absolute atomic E-state index is 0.0604. The number of carbonyl (C=O) groups excluding carboxylic acids is 1. The Kier molecular flexibility index (Phi) is 8.77. The molecule has 170 valence electrons. The van der Waals surface area contributed by atoms with Crippen LogP contribution < -0.4 is 24.3 Å². The lowest BCUT2D eigenvalue weighted by molar-refractivity contribution is -0.154. The molecular weight excluding hydrogens is 417 g/mol. The van der Waals surface area contributed by atoms with Crippen LogP contribution in [-0.4, -0.2) is 43.5 Å². The molecule has 1 N–H and O–H groups in total. The molecular formula is C21H25F3N2O5. The molecule has 1 aromatic heterocycles. The fraction of sp³-hybridized carbons (Fsp3) is 0.429. The van der Waals surface area contributed by atoms with E-state index in [9.17, 15) is 18.0 Å². The van der Waals surface area contributed by atoms with Gasteiger partial charge in [0.25, 0.3) is 5.91 Å². The smallest absolute Gasteiger partial charge is 0.422 e. The van der Waals surface area contributed by atoms with Gasteiger partial charge in [-0.15, -0.1) is 0 Å². The van der Waals surface area contributed by atoms with Gasteiger partial charge in [0.1, 0.15) is 0 Å². The first-order valence-electron chi connectivity index (χ1n) is 9.76. The SMILES string of the molecule is CCOc1cc(C(=O)NCc2ccnc(OCC(F)(F)F)c2)cc(OCC)c1OCC. The minimum Gasteiger partial charge on any atom is -0.490 e. The van der Waals surface area contributed by atoms with Gasteiger partial charge in [-0.3, -0.25) is 4.79 Å². The molecule has 0 radical (unpaired) electrons. The molecule has 7 nitrogen and oxygen atoms in total. The first-order valence-corrected chi connectivity index (χ1v) is 9.76. The van der Waals surface area contributed by atoms with Crippen LogP contribution in [0.25, 0.3) is 0 Å². The number of aromatic nitrogens is 1. The highest BCUT2D eigenvalue weighted by Crippen LogP contribution is 2.39. The summed E-state index contributed by atoms with van der Waals surface area (Å²) >= 11 is 0. The molecule has 0 atom stereocenters. The van der Waals surface area contributed by atoms with E-state index in [0.717, 1.165) is 0 Å². The number of benzene rings is 1. The fourth-order valence-electron chi connectivity index (χ4n) is 2.60. The maximum atomic E-state index is 12.7. The van der Waals surface area contributed by atoms with Gasteiger partial charge < -0.3 is 24.3 Å². The second-order valence-corrected chi connectivity index (χ2v) is 6.19. The van der Waals surface area contributed by atoms with Crippen LogP contribution in [0.5, 0.6) is 23.1 Å². The number of nitrogens with one attached hydrogen (secondary N) is 1. The standard InChI is InChI=1S/C21H25F3N2O5/c1-4-28-16-10-15(11-17(29-5-2)19(16)30-6-3)20(27)26-12-14-7-8-25-18(9-14)31-13-21(22,23)24/h7-11H,4-6,12-13H2,1-3H3,(H,26,27). The third kappa shape index (κ3) is 7.54. The minimum atomic E-state index is -4.46. The zero-order valence-electron chi connectivity index (χ0n) is 17.5. The maximum absolute atomic E-state index is 12.7. The molecule has 0 unspecified atom stereocenters. The molecule has 0 bridgehead atoms. The summed E-state index contributed by atoms with van der Waals surface area (Å²) in [7, 11) is 0. The van der Waals surface area contributed by atoms with E-state index in [0.29, 0.717) is 42.6 Å². The van der Waals surface area contributed by atoms with Crippen molar-refractivity contribution in [3.05, 3.63) is 41.6 Å². The Morgan fingerprint density at radius 2 is 1.58 bits per heavy atom. The highest BCUT2D eigenvalue weighted by atomic mass is 19.4. The van der Waals surface area contributed by atoms with Gasteiger partial charge in [-0.1, -0.05) is 0 Å². The summed E-state index contributed by atoms with van der Waals surface area (Å²) in [5.41, 5.74) is 0.819. The predicted octanol–water partition coefficient (Wildman–Crippen LogP) is 4.15. The summed E-state index contributed by atoms with van der Waals surface area (Å²) in [5, 5.41) is 2.71. The van der Waals surface area contributed by atoms with Crippen molar-refractivity contribution in [3.63, 3.8) is 0 Å². The maximum Gasteiger partial charge on any atom is 0.422 e. The van der Waals surface area contributed by atoms with Crippen molar-refractivity contribution in [2.75, 3.05) is 26.4 Å². The van der Waals surface area contributed by atoms with Crippen molar-refractivity contribution < 1.29 is 36.9 Å². The third-order valence-electron chi connectivity index (χ3n) is 3.81. The lowest BCUT2D eigenvalue weighted by atomic mass is 10.1. The van der Waals surface area contributed by atoms with Gasteiger partial charge >= 0.3 is 6.18 Å². The average molecular weight is 442 g/mol. The quantitative estimate of drug-likeness (QED) is 0.563. The Balaban J connectivity index is 2.14. The van der Waals surface area contributed by atoms with E-state index >= 15 is 0 Å². The number of ether oxygens (including phenoxy) is 4. The van der Waals surface area contributed by atoms with Crippen LogP contribution in [0.1, 0.15) is 36.7 Å². The first kappa shape index (κ1) is 24.1. The van der Waals surface area contributed by atoms with E-state index in [1.165, 1.54) is 12.3 Å². The van der Waals surface area contributed by atoms with Crippen molar-refractivity contribution >= 4 is 5.91 Å². The molecule has 0 fully saturated rings. The molecule has 1 aromatic carbocycles. The second kappa shape index (κ2) is 11.3. The first-order chi connectivity index (χ1) is 14.8. The highest BCUT2D eigenvalue weighted by molar-refractivity contribution is 5.95. The van der Waals surface area contributed by atoms with Gasteiger partial charge in [0, 0.05) is 24.4 Å². The van der Waals surface area contributed by atoms with E-state index in [4.69, 9.17) is 14.2 Å². The highest BCUT2D eigenvalue weighted by Gasteiger charge is 2.28. The number of alkyl halides is 3. The Morgan fingerprint density at radius 1 is 0.968 bits per heavy atom. The summed E-state index contributed by atoms with van der Waals surface area (Å²) in [6.07, 6.45) is -3.15. The molecule has 0 aliphatic carbocycles. The summed E-state index contributed by atoms with van der Waals surface area (Å²) in [6.45, 7) is 5.20. The number of nitrogens with zero attached hydrogens (tertiary/aromatic N) is 1. The van der Waals surface area contributed by atoms with Crippen LogP contribution >= 0.6 is 0 Å². The van der Waals surface area contributed by atoms with Gasteiger partial charge in [0.2, 0.25) is 11.6 Å². The Labute approximate surface area is 178 Å². The van der Waals surface area contributed by atoms with Crippen LogP contribution in [-0.2, 0) is 6.54 Å². The number of hydrogen-bond donors (Lipinski definition) is 1. The Morgan fingerprint density at radius 3 is 2.13 bits per heavy atom. The van der Waals surface area contributed by atoms with Gasteiger partial charge in [0.15, 0.2) is 18.1 Å². The molecule has 31 heavy (non-hydrogen) atoms. The van der Waals surface area contributed by atoms with Gasteiger partial charge in [0.05, 0.1) is 19.8 Å². The van der Waals surface area contributed by atoms with E-state index in [1.54, 1.807) is 18.2 Å². The van der Waals surface area contributed by atoms with Gasteiger partial charge in [-0.2, -0.15) is 13.2 Å². The zero-order valence-corrected chi connectivity index (χ0v) is 17.5. The molecule has 0 saturated heterocycles. The normalized spacial score (nSPS) is 11.0. The predicted molar refractivity (Wildman–Crippen MR) is 107 cm³/mol. The molecule has 10 heteroatoms. The molecule has 0 aliphatic heterocycles. The summed E-state index contributed by atoms with van der Waals surface area (Å²) in [5.74, 6) is 0.588. The van der Waals surface area contributed by atoms with Crippen LogP contribution in [0.2, 0.25) is 0 Å². The van der Waals surface area contributed by atoms with E-state index in [-0.39, 0.29) is 18.0 Å². The van der Waals surface area contributed by atoms with Crippen LogP contribution in [0, 0.1) is 0 Å². The van der Waals surface area contributed by atoms with Gasteiger partial charge in [-0.25, -0.2) is 4.98 Å². The summed E-state index contributed by atoms with van der Waals surface area (Å²) in [4.78, 5) is 16.4. The second-order valence-electron chi connectivity index (χ2n) is 6.19. The van der Waals surface area contributed by atoms with Crippen LogP contribution in [0.4, 0.5) is 13.2 Å². The molecule has 2 aromatic rings. The zero-order chi connectivity index (χ0) is 22.9. The van der Waals surface area contributed by atoms with Crippen molar-refractivity contribution in [1.29, 1.82) is 0 Å². The topological polar surface area (TPSA) is 78.9 Å². The summed E-state index contributed by atoms with van der Waals surface area (Å²) < 4.78 is 58.3. The molecule has 1 amide bonds. The van der Waals surface area contributed by atoms with Crippen LogP contribution in [0.15, 0.2) is 30.5 Å². The molecule has 0 aliphatic rings. The van der Waals surface area contributed by atoms with Crippen molar-refractivity contribution in [2.24, 2.45) is 0 Å². The monoisotopic (exact) mass is 442 g/mol. The Hall–Kier alpha value is -3.17. The van der Waals surface area contributed by atoms with Crippen LogP contribution in [0.3, 0.4) is 0 Å². The van der Waals surface area contributed by atoms with Crippen molar-refractivity contribution in [3.8, 4) is 23.1 Å². The average Bonchev–Trinajstić information content (AvgIpc) is 2.73. The van der Waals surface area contributed by atoms with E-state index in [1.807, 2.05) is 20.8 Å². The Bertz CT molecular complexity index is 847. The fourth-order valence-corrected chi connectivity index (χ4v) is 2.60. The van der Waals surface area contributed by atoms with E-state index in [2.05, 4.69) is 15.0 Å². The van der Waals surface area contributed by atoms with E-state index < -0.39 is 18.7 Å². The number of rotatable bonds is 11.